The van der Waals surface area contributed by atoms with Crippen LogP contribution < -0.4 is 16.0 Å². The molecule has 2 aromatic carbocycles. The van der Waals surface area contributed by atoms with Crippen molar-refractivity contribution >= 4 is 46.6 Å². The lowest BCUT2D eigenvalue weighted by Crippen LogP contribution is -2.45. The van der Waals surface area contributed by atoms with Gasteiger partial charge in [0.25, 0.3) is 0 Å². The number of nitrogens with zero attached hydrogens (tertiary/aromatic N) is 1. The van der Waals surface area contributed by atoms with Gasteiger partial charge < -0.3 is 16.0 Å². The normalized spacial score (nSPS) is 11.6. The number of ketones is 1. The molecule has 0 aliphatic rings. The van der Waals surface area contributed by atoms with Crippen LogP contribution in [0.2, 0.25) is 5.02 Å². The van der Waals surface area contributed by atoms with Gasteiger partial charge >= 0.3 is 0 Å². The van der Waals surface area contributed by atoms with E-state index in [9.17, 15) is 14.4 Å². The van der Waals surface area contributed by atoms with Gasteiger partial charge in [-0.15, -0.1) is 0 Å². The molecule has 2 amide bonds. The molecule has 2 rings (SSSR count). The number of thioether (sulfide) groups is 1. The predicted octanol–water partition coefficient (Wildman–Crippen LogP) is 2.73. The maximum atomic E-state index is 12.9. The third kappa shape index (κ3) is 6.32. The van der Waals surface area contributed by atoms with E-state index in [1.807, 2.05) is 12.3 Å². The lowest BCUT2D eigenvalue weighted by molar-refractivity contribution is -0.125. The second kappa shape index (κ2) is 11.0. The number of hydrogen-bond acceptors (Lipinski definition) is 5. The highest BCUT2D eigenvalue weighted by molar-refractivity contribution is 7.98. The number of benzene rings is 2. The molecule has 0 spiro atoms. The number of carbonyl (C=O) groups excluding carboxylic acids is 3. The minimum atomic E-state index is -0.661. The van der Waals surface area contributed by atoms with Crippen LogP contribution in [0.5, 0.6) is 0 Å². The number of anilines is 1. The number of nitrogens with one attached hydrogen (secondary N) is 1. The zero-order chi connectivity index (χ0) is 21.4. The van der Waals surface area contributed by atoms with Gasteiger partial charge in [0.05, 0.1) is 18.3 Å². The summed E-state index contributed by atoms with van der Waals surface area (Å²) in [4.78, 5) is 38.9. The predicted molar refractivity (Wildman–Crippen MR) is 119 cm³/mol. The van der Waals surface area contributed by atoms with Crippen LogP contribution in [-0.2, 0) is 9.59 Å². The number of halogens is 1. The van der Waals surface area contributed by atoms with Crippen LogP contribution in [0, 0.1) is 0 Å². The van der Waals surface area contributed by atoms with E-state index in [0.29, 0.717) is 28.3 Å². The van der Waals surface area contributed by atoms with Crippen LogP contribution in [0.3, 0.4) is 0 Å². The first-order valence-corrected chi connectivity index (χ1v) is 10.8. The number of amides is 2. The van der Waals surface area contributed by atoms with Crippen molar-refractivity contribution < 1.29 is 14.4 Å². The minimum absolute atomic E-state index is 0.218. The maximum absolute atomic E-state index is 12.9. The summed E-state index contributed by atoms with van der Waals surface area (Å²) in [5.41, 5.74) is 7.02. The first-order valence-electron chi connectivity index (χ1n) is 9.03. The largest absolute Gasteiger partial charge is 0.346 e. The van der Waals surface area contributed by atoms with E-state index in [1.165, 1.54) is 11.0 Å². The van der Waals surface area contributed by atoms with Crippen LogP contribution >= 0.6 is 23.4 Å². The fraction of sp³-hybridized carbons (Fsp3) is 0.286. The average Bonchev–Trinajstić information content (AvgIpc) is 2.74. The molecule has 0 heterocycles. The van der Waals surface area contributed by atoms with Gasteiger partial charge in [0.1, 0.15) is 0 Å². The maximum Gasteiger partial charge on any atom is 0.246 e. The fourth-order valence-electron chi connectivity index (χ4n) is 2.65. The molecule has 2 aromatic rings. The second-order valence-electron chi connectivity index (χ2n) is 6.42. The van der Waals surface area contributed by atoms with Crippen LogP contribution in [-0.4, -0.2) is 49.2 Å². The van der Waals surface area contributed by atoms with E-state index in [4.69, 9.17) is 17.3 Å². The number of carbonyl (C=O) groups is 3. The van der Waals surface area contributed by atoms with Crippen molar-refractivity contribution in [1.29, 1.82) is 0 Å². The molecule has 3 N–H and O–H groups in total. The van der Waals surface area contributed by atoms with Gasteiger partial charge in [-0.3, -0.25) is 14.4 Å². The van der Waals surface area contributed by atoms with E-state index in [0.717, 1.165) is 5.75 Å². The van der Waals surface area contributed by atoms with Crippen LogP contribution in [0.15, 0.2) is 48.5 Å². The molecule has 29 heavy (non-hydrogen) atoms. The quantitative estimate of drug-likeness (QED) is 0.593. The Bertz CT molecular complexity index is 877. The number of nitrogens with two attached hydrogens (primary N) is 1. The Hall–Kier alpha value is -2.35. The minimum Gasteiger partial charge on any atom is -0.346 e. The Balaban J connectivity index is 2.14. The first-order chi connectivity index (χ1) is 13.8. The van der Waals surface area contributed by atoms with Crippen LogP contribution in [0.4, 0.5) is 5.69 Å². The highest BCUT2D eigenvalue weighted by Gasteiger charge is 2.21. The zero-order valence-electron chi connectivity index (χ0n) is 16.4. The molecule has 0 unspecified atom stereocenters. The van der Waals surface area contributed by atoms with Crippen molar-refractivity contribution in [1.82, 2.24) is 5.32 Å². The summed E-state index contributed by atoms with van der Waals surface area (Å²) in [6.45, 7) is -0.218. The third-order valence-electron chi connectivity index (χ3n) is 4.36. The molecular weight excluding hydrogens is 410 g/mol. The fourth-order valence-corrected chi connectivity index (χ4v) is 3.31. The Morgan fingerprint density at radius 1 is 1.17 bits per heavy atom. The summed E-state index contributed by atoms with van der Waals surface area (Å²) in [6, 6.07) is 12.8. The average molecular weight is 434 g/mol. The molecule has 0 saturated carbocycles. The van der Waals surface area contributed by atoms with E-state index >= 15 is 0 Å². The Labute approximate surface area is 179 Å². The Kier molecular flexibility index (Phi) is 8.70. The van der Waals surface area contributed by atoms with E-state index in [2.05, 4.69) is 5.32 Å². The highest BCUT2D eigenvalue weighted by Crippen LogP contribution is 2.26. The monoisotopic (exact) mass is 433 g/mol. The molecule has 0 radical (unpaired) electrons. The second-order valence-corrected chi connectivity index (χ2v) is 7.84. The van der Waals surface area contributed by atoms with E-state index in [1.54, 1.807) is 55.2 Å². The lowest BCUT2D eigenvalue weighted by atomic mass is 10.0. The van der Waals surface area contributed by atoms with Gasteiger partial charge in [-0.05, 0) is 36.6 Å². The van der Waals surface area contributed by atoms with Gasteiger partial charge in [0.15, 0.2) is 5.78 Å². The van der Waals surface area contributed by atoms with E-state index in [-0.39, 0.29) is 24.1 Å². The van der Waals surface area contributed by atoms with Gasteiger partial charge in [-0.2, -0.15) is 11.8 Å². The lowest BCUT2D eigenvalue weighted by Gasteiger charge is -2.21. The Morgan fingerprint density at radius 3 is 2.52 bits per heavy atom. The summed E-state index contributed by atoms with van der Waals surface area (Å²) in [5.74, 6) is -0.235. The van der Waals surface area contributed by atoms with Gasteiger partial charge in [0, 0.05) is 23.2 Å². The van der Waals surface area contributed by atoms with Crippen LogP contribution in [0.25, 0.3) is 0 Å². The summed E-state index contributed by atoms with van der Waals surface area (Å²) < 4.78 is 0. The summed E-state index contributed by atoms with van der Waals surface area (Å²) in [6.07, 6.45) is 2.47. The molecule has 0 aliphatic heterocycles. The number of hydrogen-bond donors (Lipinski definition) is 2. The Morgan fingerprint density at radius 2 is 1.86 bits per heavy atom. The molecule has 1 atom stereocenters. The van der Waals surface area contributed by atoms with Crippen molar-refractivity contribution in [3.8, 4) is 0 Å². The highest BCUT2D eigenvalue weighted by atomic mass is 35.5. The smallest absolute Gasteiger partial charge is 0.246 e. The molecule has 154 valence electrons. The summed E-state index contributed by atoms with van der Waals surface area (Å²) in [7, 11) is 1.55. The molecule has 0 bridgehead atoms. The molecule has 0 saturated heterocycles. The van der Waals surface area contributed by atoms with Crippen molar-refractivity contribution in [3.05, 3.63) is 64.7 Å². The standard InChI is InChI=1S/C21H24ClN3O3S/c1-25(19(26)13-24-21(28)17(23)10-11-29-2)18-9-8-15(22)12-16(18)20(27)14-6-4-3-5-7-14/h3-9,12,17H,10-11,13,23H2,1-2H3,(H,24,28)/t17-/m0/s1. The van der Waals surface area contributed by atoms with Gasteiger partial charge in [-0.1, -0.05) is 41.9 Å². The topological polar surface area (TPSA) is 92.5 Å². The van der Waals surface area contributed by atoms with Crippen LogP contribution in [0.1, 0.15) is 22.3 Å². The van der Waals surface area contributed by atoms with Gasteiger partial charge in [-0.25, -0.2) is 0 Å². The summed E-state index contributed by atoms with van der Waals surface area (Å²) in [5, 5.41) is 2.95. The van der Waals surface area contributed by atoms with Gasteiger partial charge in [0.2, 0.25) is 11.8 Å². The molecule has 0 aliphatic carbocycles. The molecule has 8 heteroatoms. The first kappa shape index (κ1) is 22.9. The van der Waals surface area contributed by atoms with Crippen molar-refractivity contribution in [3.63, 3.8) is 0 Å². The molecule has 0 fully saturated rings. The SMILES string of the molecule is CSCC[C@H](N)C(=O)NCC(=O)N(C)c1ccc(Cl)cc1C(=O)c1ccccc1. The molecular formula is C21H24ClN3O3S. The van der Waals surface area contributed by atoms with Crippen molar-refractivity contribution in [2.24, 2.45) is 5.73 Å². The number of likely N-dealkylation sites (N-methyl/N-ethyl adjacent to an activating group) is 1. The molecule has 0 aromatic heterocycles. The van der Waals surface area contributed by atoms with Crippen molar-refractivity contribution in [2.45, 2.75) is 12.5 Å². The summed E-state index contributed by atoms with van der Waals surface area (Å²) >= 11 is 7.68. The number of rotatable bonds is 9. The molecule has 6 nitrogen and oxygen atoms in total. The third-order valence-corrected chi connectivity index (χ3v) is 5.24. The zero-order valence-corrected chi connectivity index (χ0v) is 17.9. The van der Waals surface area contributed by atoms with Crippen molar-refractivity contribution in [2.75, 3.05) is 30.5 Å². The van der Waals surface area contributed by atoms with E-state index < -0.39 is 6.04 Å².